The van der Waals surface area contributed by atoms with Crippen molar-refractivity contribution in [1.29, 1.82) is 0 Å². The van der Waals surface area contributed by atoms with Gasteiger partial charge >= 0.3 is 6.03 Å². The molecular formula is C14H26N2O. The van der Waals surface area contributed by atoms with E-state index in [2.05, 4.69) is 12.2 Å². The first kappa shape index (κ1) is 12.7. The Kier molecular flexibility index (Phi) is 4.69. The van der Waals surface area contributed by atoms with E-state index in [0.717, 1.165) is 19.0 Å². The van der Waals surface area contributed by atoms with Crippen molar-refractivity contribution in [2.75, 3.05) is 13.1 Å². The molecule has 2 rings (SSSR count). The van der Waals surface area contributed by atoms with Crippen molar-refractivity contribution in [2.24, 2.45) is 5.92 Å². The first-order chi connectivity index (χ1) is 8.29. The van der Waals surface area contributed by atoms with Gasteiger partial charge in [0.1, 0.15) is 0 Å². The van der Waals surface area contributed by atoms with Crippen LogP contribution in [0.4, 0.5) is 4.79 Å². The Morgan fingerprint density at radius 1 is 1.18 bits per heavy atom. The fourth-order valence-corrected chi connectivity index (χ4v) is 3.17. The van der Waals surface area contributed by atoms with E-state index in [4.69, 9.17) is 0 Å². The van der Waals surface area contributed by atoms with E-state index in [1.165, 1.54) is 51.4 Å². The number of likely N-dealkylation sites (tertiary alicyclic amines) is 1. The molecule has 0 aromatic rings. The van der Waals surface area contributed by atoms with Crippen LogP contribution < -0.4 is 5.32 Å². The minimum absolute atomic E-state index is 0.187. The third-order valence-corrected chi connectivity index (χ3v) is 4.28. The Morgan fingerprint density at radius 3 is 2.41 bits per heavy atom. The number of piperidine rings is 1. The molecule has 1 N–H and O–H groups in total. The minimum atomic E-state index is 0.187. The molecule has 0 bridgehead atoms. The zero-order chi connectivity index (χ0) is 12.1. The lowest BCUT2D eigenvalue weighted by Crippen LogP contribution is -2.47. The fraction of sp³-hybridized carbons (Fsp3) is 0.929. The number of amides is 2. The summed E-state index contributed by atoms with van der Waals surface area (Å²) in [7, 11) is 0. The Bertz CT molecular complexity index is 241. The van der Waals surface area contributed by atoms with Crippen LogP contribution in [-0.2, 0) is 0 Å². The van der Waals surface area contributed by atoms with Crippen molar-refractivity contribution in [2.45, 2.75) is 64.3 Å². The van der Waals surface area contributed by atoms with Crippen molar-refractivity contribution >= 4 is 6.03 Å². The lowest BCUT2D eigenvalue weighted by Gasteiger charge is -2.32. The molecule has 98 valence electrons. The molecule has 1 aliphatic heterocycles. The number of carbonyl (C=O) groups excluding carboxylic acids is 1. The predicted octanol–water partition coefficient (Wildman–Crippen LogP) is 3.15. The number of carbonyl (C=O) groups is 1. The van der Waals surface area contributed by atoms with Crippen molar-refractivity contribution in [3.8, 4) is 0 Å². The number of nitrogens with one attached hydrogen (secondary N) is 1. The lowest BCUT2D eigenvalue weighted by molar-refractivity contribution is 0.165. The summed E-state index contributed by atoms with van der Waals surface area (Å²) in [4.78, 5) is 14.1. The molecule has 1 aliphatic carbocycles. The molecule has 2 fully saturated rings. The summed E-state index contributed by atoms with van der Waals surface area (Å²) >= 11 is 0. The summed E-state index contributed by atoms with van der Waals surface area (Å²) in [5.41, 5.74) is 0. The smallest absolute Gasteiger partial charge is 0.317 e. The maximum absolute atomic E-state index is 12.0. The van der Waals surface area contributed by atoms with Crippen LogP contribution in [0.2, 0.25) is 0 Å². The van der Waals surface area contributed by atoms with Gasteiger partial charge in [0, 0.05) is 19.1 Å². The highest BCUT2D eigenvalue weighted by molar-refractivity contribution is 5.74. The summed E-state index contributed by atoms with van der Waals surface area (Å²) in [6, 6.07) is 0.641. The van der Waals surface area contributed by atoms with Gasteiger partial charge in [-0.3, -0.25) is 0 Å². The van der Waals surface area contributed by atoms with E-state index >= 15 is 0 Å². The van der Waals surface area contributed by atoms with Crippen LogP contribution in [0.1, 0.15) is 58.3 Å². The maximum atomic E-state index is 12.0. The third-order valence-electron chi connectivity index (χ3n) is 4.28. The van der Waals surface area contributed by atoms with Gasteiger partial charge in [0.15, 0.2) is 0 Å². The van der Waals surface area contributed by atoms with E-state index in [9.17, 15) is 4.79 Å². The topological polar surface area (TPSA) is 32.3 Å². The number of rotatable bonds is 3. The SMILES string of the molecule is CCCC1CCN(C(=O)NC2CCCC2)CC1. The zero-order valence-corrected chi connectivity index (χ0v) is 11.1. The van der Waals surface area contributed by atoms with Gasteiger partial charge in [-0.25, -0.2) is 4.79 Å². The van der Waals surface area contributed by atoms with Crippen molar-refractivity contribution in [3.05, 3.63) is 0 Å². The summed E-state index contributed by atoms with van der Waals surface area (Å²) < 4.78 is 0. The third kappa shape index (κ3) is 3.62. The van der Waals surface area contributed by atoms with Crippen molar-refractivity contribution < 1.29 is 4.79 Å². The Balaban J connectivity index is 1.70. The number of urea groups is 1. The average Bonchev–Trinajstić information content (AvgIpc) is 2.83. The largest absolute Gasteiger partial charge is 0.335 e. The predicted molar refractivity (Wildman–Crippen MR) is 70.0 cm³/mol. The van der Waals surface area contributed by atoms with E-state index in [1.807, 2.05) is 4.90 Å². The molecule has 1 saturated carbocycles. The molecular weight excluding hydrogens is 212 g/mol. The van der Waals surface area contributed by atoms with Gasteiger partial charge in [0.2, 0.25) is 0 Å². The molecule has 3 nitrogen and oxygen atoms in total. The Morgan fingerprint density at radius 2 is 1.82 bits per heavy atom. The highest BCUT2D eigenvalue weighted by atomic mass is 16.2. The average molecular weight is 238 g/mol. The monoisotopic (exact) mass is 238 g/mol. The second-order valence-electron chi connectivity index (χ2n) is 5.65. The van der Waals surface area contributed by atoms with Crippen LogP contribution in [0, 0.1) is 5.92 Å². The molecule has 17 heavy (non-hydrogen) atoms. The zero-order valence-electron chi connectivity index (χ0n) is 11.1. The molecule has 0 unspecified atom stereocenters. The summed E-state index contributed by atoms with van der Waals surface area (Å²) in [5.74, 6) is 0.857. The number of hydrogen-bond donors (Lipinski definition) is 1. The molecule has 1 heterocycles. The minimum Gasteiger partial charge on any atom is -0.335 e. The number of nitrogens with zero attached hydrogens (tertiary/aromatic N) is 1. The van der Waals surface area contributed by atoms with Crippen LogP contribution in [0.25, 0.3) is 0 Å². The molecule has 0 atom stereocenters. The van der Waals surface area contributed by atoms with Gasteiger partial charge in [0.05, 0.1) is 0 Å². The summed E-state index contributed by atoms with van der Waals surface area (Å²) in [6.45, 7) is 4.17. The van der Waals surface area contributed by atoms with Crippen molar-refractivity contribution in [1.82, 2.24) is 10.2 Å². The highest BCUT2D eigenvalue weighted by Crippen LogP contribution is 2.22. The van der Waals surface area contributed by atoms with Gasteiger partial charge in [0.25, 0.3) is 0 Å². The van der Waals surface area contributed by atoms with Gasteiger partial charge < -0.3 is 10.2 Å². The molecule has 3 heteroatoms. The lowest BCUT2D eigenvalue weighted by atomic mass is 9.93. The van der Waals surface area contributed by atoms with Crippen LogP contribution in [0.5, 0.6) is 0 Å². The second-order valence-corrected chi connectivity index (χ2v) is 5.65. The van der Waals surface area contributed by atoms with Gasteiger partial charge in [-0.1, -0.05) is 32.6 Å². The van der Waals surface area contributed by atoms with Crippen LogP contribution >= 0.6 is 0 Å². The molecule has 2 aliphatic rings. The molecule has 0 aromatic carbocycles. The van der Waals surface area contributed by atoms with E-state index in [-0.39, 0.29) is 6.03 Å². The van der Waals surface area contributed by atoms with Gasteiger partial charge in [-0.2, -0.15) is 0 Å². The van der Waals surface area contributed by atoms with E-state index in [1.54, 1.807) is 0 Å². The van der Waals surface area contributed by atoms with Gasteiger partial charge in [-0.15, -0.1) is 0 Å². The fourth-order valence-electron chi connectivity index (χ4n) is 3.17. The van der Waals surface area contributed by atoms with Crippen molar-refractivity contribution in [3.63, 3.8) is 0 Å². The quantitative estimate of drug-likeness (QED) is 0.805. The molecule has 0 aromatic heterocycles. The molecule has 1 saturated heterocycles. The van der Waals surface area contributed by atoms with Crippen LogP contribution in [0.15, 0.2) is 0 Å². The molecule has 0 spiro atoms. The number of hydrogen-bond acceptors (Lipinski definition) is 1. The normalized spacial score (nSPS) is 23.0. The van der Waals surface area contributed by atoms with Crippen LogP contribution in [-0.4, -0.2) is 30.1 Å². The summed E-state index contributed by atoms with van der Waals surface area (Å²) in [6.07, 6.45) is 9.93. The van der Waals surface area contributed by atoms with E-state index in [0.29, 0.717) is 6.04 Å². The molecule has 2 amide bonds. The van der Waals surface area contributed by atoms with Crippen LogP contribution in [0.3, 0.4) is 0 Å². The second kappa shape index (κ2) is 6.27. The Hall–Kier alpha value is -0.730. The Labute approximate surface area is 105 Å². The van der Waals surface area contributed by atoms with E-state index < -0.39 is 0 Å². The first-order valence-corrected chi connectivity index (χ1v) is 7.35. The summed E-state index contributed by atoms with van der Waals surface area (Å²) in [5, 5.41) is 3.18. The molecule has 0 radical (unpaired) electrons. The maximum Gasteiger partial charge on any atom is 0.317 e. The first-order valence-electron chi connectivity index (χ1n) is 7.35. The standard InChI is InChI=1S/C14H26N2O/c1-2-5-12-8-10-16(11-9-12)14(17)15-13-6-3-4-7-13/h12-13H,2-11H2,1H3,(H,15,17). The van der Waals surface area contributed by atoms with Gasteiger partial charge in [-0.05, 0) is 31.6 Å². The highest BCUT2D eigenvalue weighted by Gasteiger charge is 2.24.